The highest BCUT2D eigenvalue weighted by Gasteiger charge is 2.28. The van der Waals surface area contributed by atoms with Crippen LogP contribution in [-0.2, 0) is 6.54 Å². The molecule has 33 heavy (non-hydrogen) atoms. The second-order valence-corrected chi connectivity index (χ2v) is 7.84. The van der Waals surface area contributed by atoms with Gasteiger partial charge in [-0.2, -0.15) is 0 Å². The standard InChI is InChI=1S/C26H23N5O2/c1-27-25-20(7-4-14-28-25)26(33)29-19-12-10-17(11-13-19)24(32)23-22-9-5-15-31(22)16-18-6-2-3-8-21(18)30-23/h2-15,23,30H,16H2,1H3,(H,27,28)(H,29,33). The molecule has 0 saturated carbocycles. The van der Waals surface area contributed by atoms with Crippen molar-refractivity contribution in [2.45, 2.75) is 12.6 Å². The van der Waals surface area contributed by atoms with Gasteiger partial charge in [-0.1, -0.05) is 18.2 Å². The lowest BCUT2D eigenvalue weighted by Gasteiger charge is -2.18. The van der Waals surface area contributed by atoms with Crippen LogP contribution in [0.25, 0.3) is 0 Å². The van der Waals surface area contributed by atoms with Gasteiger partial charge in [0.05, 0.1) is 5.56 Å². The third kappa shape index (κ3) is 3.96. The number of anilines is 3. The molecule has 3 heterocycles. The fourth-order valence-corrected chi connectivity index (χ4v) is 4.12. The summed E-state index contributed by atoms with van der Waals surface area (Å²) in [6.45, 7) is 0.712. The molecule has 164 valence electrons. The lowest BCUT2D eigenvalue weighted by Crippen LogP contribution is -2.22. The largest absolute Gasteiger partial charge is 0.372 e. The van der Waals surface area contributed by atoms with Gasteiger partial charge in [-0.25, -0.2) is 4.98 Å². The maximum atomic E-state index is 13.5. The van der Waals surface area contributed by atoms with E-state index < -0.39 is 6.04 Å². The number of nitrogens with zero attached hydrogens (tertiary/aromatic N) is 2. The van der Waals surface area contributed by atoms with E-state index in [2.05, 4.69) is 31.6 Å². The molecular formula is C26H23N5O2. The molecule has 2 aromatic heterocycles. The summed E-state index contributed by atoms with van der Waals surface area (Å²) in [7, 11) is 1.72. The molecule has 3 N–H and O–H groups in total. The molecule has 5 rings (SSSR count). The molecule has 0 aliphatic carbocycles. The number of benzene rings is 2. The van der Waals surface area contributed by atoms with Gasteiger partial charge in [-0.15, -0.1) is 0 Å². The number of amides is 1. The molecule has 7 nitrogen and oxygen atoms in total. The van der Waals surface area contributed by atoms with Crippen molar-refractivity contribution < 1.29 is 9.59 Å². The van der Waals surface area contributed by atoms with Crippen molar-refractivity contribution in [3.05, 3.63) is 108 Å². The molecule has 1 unspecified atom stereocenters. The van der Waals surface area contributed by atoms with Crippen LogP contribution in [0.5, 0.6) is 0 Å². The topological polar surface area (TPSA) is 88.1 Å². The first-order valence-corrected chi connectivity index (χ1v) is 10.7. The molecule has 1 atom stereocenters. The van der Waals surface area contributed by atoms with Gasteiger partial charge in [-0.3, -0.25) is 9.59 Å². The first-order valence-electron chi connectivity index (χ1n) is 10.7. The van der Waals surface area contributed by atoms with E-state index in [4.69, 9.17) is 0 Å². The zero-order valence-electron chi connectivity index (χ0n) is 18.1. The minimum absolute atomic E-state index is 0.0331. The van der Waals surface area contributed by atoms with Crippen LogP contribution in [0.4, 0.5) is 17.2 Å². The Hall–Kier alpha value is -4.39. The molecular weight excluding hydrogens is 414 g/mol. The highest BCUT2D eigenvalue weighted by molar-refractivity contribution is 6.08. The number of pyridine rings is 1. The van der Waals surface area contributed by atoms with E-state index >= 15 is 0 Å². The summed E-state index contributed by atoms with van der Waals surface area (Å²) in [6.07, 6.45) is 3.62. The number of Topliss-reactive ketones (excluding diaryl/α,β-unsaturated/α-hetero) is 1. The molecule has 4 aromatic rings. The zero-order chi connectivity index (χ0) is 22.8. The van der Waals surface area contributed by atoms with Gasteiger partial charge < -0.3 is 20.5 Å². The third-order valence-corrected chi connectivity index (χ3v) is 5.80. The van der Waals surface area contributed by atoms with Gasteiger partial charge in [0.25, 0.3) is 5.91 Å². The average Bonchev–Trinajstić information content (AvgIpc) is 3.25. The van der Waals surface area contributed by atoms with E-state index in [9.17, 15) is 9.59 Å². The number of carbonyl (C=O) groups is 2. The molecule has 2 aromatic carbocycles. The molecule has 0 radical (unpaired) electrons. The second kappa shape index (κ2) is 8.63. The van der Waals surface area contributed by atoms with E-state index in [0.29, 0.717) is 29.2 Å². The van der Waals surface area contributed by atoms with Crippen molar-refractivity contribution >= 4 is 28.9 Å². The summed E-state index contributed by atoms with van der Waals surface area (Å²) in [6, 6.07) is 21.9. The second-order valence-electron chi connectivity index (χ2n) is 7.84. The summed E-state index contributed by atoms with van der Waals surface area (Å²) in [5.41, 5.74) is 4.63. The average molecular weight is 438 g/mol. The van der Waals surface area contributed by atoms with E-state index in [0.717, 1.165) is 16.9 Å². The molecule has 1 aliphatic heterocycles. The number of fused-ring (bicyclic) bond motifs is 2. The highest BCUT2D eigenvalue weighted by Crippen LogP contribution is 2.31. The number of para-hydroxylation sites is 1. The Labute approximate surface area is 191 Å². The summed E-state index contributed by atoms with van der Waals surface area (Å²) in [5, 5.41) is 9.21. The number of aromatic nitrogens is 2. The quantitative estimate of drug-likeness (QED) is 0.398. The van der Waals surface area contributed by atoms with Crippen molar-refractivity contribution in [1.29, 1.82) is 0 Å². The SMILES string of the molecule is CNc1ncccc1C(=O)Nc1ccc(C(=O)C2Nc3ccccc3Cn3cccc32)cc1. The van der Waals surface area contributed by atoms with Crippen molar-refractivity contribution in [1.82, 2.24) is 9.55 Å². The smallest absolute Gasteiger partial charge is 0.259 e. The molecule has 0 fully saturated rings. The summed E-state index contributed by atoms with van der Waals surface area (Å²) in [5.74, 6) is 0.199. The number of nitrogens with one attached hydrogen (secondary N) is 3. The van der Waals surface area contributed by atoms with Crippen LogP contribution in [0.3, 0.4) is 0 Å². The lowest BCUT2D eigenvalue weighted by atomic mass is 10.0. The fourth-order valence-electron chi connectivity index (χ4n) is 4.12. The summed E-state index contributed by atoms with van der Waals surface area (Å²) in [4.78, 5) is 30.3. The Kier molecular flexibility index (Phi) is 5.36. The molecule has 1 amide bonds. The molecule has 1 aliphatic rings. The minimum Gasteiger partial charge on any atom is -0.372 e. The van der Waals surface area contributed by atoms with Crippen LogP contribution in [0.1, 0.15) is 38.0 Å². The summed E-state index contributed by atoms with van der Waals surface area (Å²) < 4.78 is 2.10. The van der Waals surface area contributed by atoms with E-state index in [1.165, 1.54) is 0 Å². The maximum absolute atomic E-state index is 13.5. The normalized spacial score (nSPS) is 14.3. The number of hydrogen-bond donors (Lipinski definition) is 3. The number of rotatable bonds is 5. The zero-order valence-corrected chi connectivity index (χ0v) is 18.1. The fraction of sp³-hybridized carbons (Fsp3) is 0.115. The minimum atomic E-state index is -0.502. The van der Waals surface area contributed by atoms with Gasteiger partial charge in [0.1, 0.15) is 11.9 Å². The van der Waals surface area contributed by atoms with Crippen molar-refractivity contribution in [2.24, 2.45) is 0 Å². The van der Waals surface area contributed by atoms with Crippen LogP contribution in [0.15, 0.2) is 85.2 Å². The third-order valence-electron chi connectivity index (χ3n) is 5.80. The number of ketones is 1. The predicted octanol–water partition coefficient (Wildman–Crippen LogP) is 4.57. The van der Waals surface area contributed by atoms with Crippen molar-refractivity contribution in [3.8, 4) is 0 Å². The molecule has 7 heteroatoms. The molecule has 0 saturated heterocycles. The first-order chi connectivity index (χ1) is 16.1. The van der Waals surface area contributed by atoms with Crippen molar-refractivity contribution in [2.75, 3.05) is 23.0 Å². The predicted molar refractivity (Wildman–Crippen MR) is 129 cm³/mol. The van der Waals surface area contributed by atoms with Gasteiger partial charge >= 0.3 is 0 Å². The number of carbonyl (C=O) groups excluding carboxylic acids is 2. The van der Waals surface area contributed by atoms with Crippen LogP contribution >= 0.6 is 0 Å². The Morgan fingerprint density at radius 1 is 1.00 bits per heavy atom. The summed E-state index contributed by atoms with van der Waals surface area (Å²) >= 11 is 0. The maximum Gasteiger partial charge on any atom is 0.259 e. The highest BCUT2D eigenvalue weighted by atomic mass is 16.1. The lowest BCUT2D eigenvalue weighted by molar-refractivity contribution is 0.0966. The van der Waals surface area contributed by atoms with Crippen molar-refractivity contribution in [3.63, 3.8) is 0 Å². The van der Waals surface area contributed by atoms with Crippen LogP contribution in [0.2, 0.25) is 0 Å². The van der Waals surface area contributed by atoms with Gasteiger partial charge in [0.15, 0.2) is 5.78 Å². The van der Waals surface area contributed by atoms with Gasteiger partial charge in [0.2, 0.25) is 0 Å². The molecule has 0 spiro atoms. The van der Waals surface area contributed by atoms with Crippen LogP contribution < -0.4 is 16.0 Å². The first kappa shape index (κ1) is 20.5. The van der Waals surface area contributed by atoms with Gasteiger partial charge in [-0.05, 0) is 60.2 Å². The Balaban J connectivity index is 1.37. The van der Waals surface area contributed by atoms with E-state index in [1.807, 2.05) is 36.5 Å². The molecule has 0 bridgehead atoms. The monoisotopic (exact) mass is 437 g/mol. The Bertz CT molecular complexity index is 1330. The Morgan fingerprint density at radius 2 is 1.82 bits per heavy atom. The van der Waals surface area contributed by atoms with E-state index in [1.54, 1.807) is 49.6 Å². The van der Waals surface area contributed by atoms with E-state index in [-0.39, 0.29) is 11.7 Å². The van der Waals surface area contributed by atoms with Crippen LogP contribution in [0, 0.1) is 0 Å². The Morgan fingerprint density at radius 3 is 2.64 bits per heavy atom. The van der Waals surface area contributed by atoms with Crippen LogP contribution in [-0.4, -0.2) is 28.3 Å². The van der Waals surface area contributed by atoms with Gasteiger partial charge in [0, 0.05) is 48.6 Å². The number of hydrogen-bond acceptors (Lipinski definition) is 5.